The number of rotatable bonds is 6. The molecule has 0 radical (unpaired) electrons. The maximum atomic E-state index is 13.5. The zero-order valence-corrected chi connectivity index (χ0v) is 16.6. The van der Waals surface area contributed by atoms with Crippen molar-refractivity contribution in [2.75, 3.05) is 6.61 Å². The smallest absolute Gasteiger partial charge is 0.326 e. The highest BCUT2D eigenvalue weighted by Crippen LogP contribution is 2.26. The highest BCUT2D eigenvalue weighted by molar-refractivity contribution is 5.82. The lowest BCUT2D eigenvalue weighted by Gasteiger charge is -2.18. The summed E-state index contributed by atoms with van der Waals surface area (Å²) in [6, 6.07) is 17.2. The van der Waals surface area contributed by atoms with Gasteiger partial charge in [-0.15, -0.1) is 0 Å². The van der Waals surface area contributed by atoms with Crippen molar-refractivity contribution < 1.29 is 9.53 Å². The second kappa shape index (κ2) is 7.91. The molecule has 6 heteroatoms. The van der Waals surface area contributed by atoms with Crippen LogP contribution in [0.2, 0.25) is 0 Å². The van der Waals surface area contributed by atoms with E-state index in [1.165, 1.54) is 0 Å². The summed E-state index contributed by atoms with van der Waals surface area (Å²) in [6.07, 6.45) is 1.42. The third kappa shape index (κ3) is 3.31. The van der Waals surface area contributed by atoms with Crippen LogP contribution >= 0.6 is 0 Å². The van der Waals surface area contributed by atoms with Crippen molar-refractivity contribution in [1.29, 1.82) is 0 Å². The van der Waals surface area contributed by atoms with Crippen LogP contribution in [0.4, 0.5) is 0 Å². The summed E-state index contributed by atoms with van der Waals surface area (Å²) in [5.74, 6) is 0.0905. The molecule has 0 N–H and O–H groups in total. The SMILES string of the molecule is CCCc1c(-c2ccccc2)n(CC(=O)OCC)c2nc3ccccc3n2c1=O. The van der Waals surface area contributed by atoms with Crippen LogP contribution in [0.25, 0.3) is 28.1 Å². The van der Waals surface area contributed by atoms with Crippen LogP contribution in [0.5, 0.6) is 0 Å². The number of ether oxygens (including phenoxy) is 1. The molecule has 29 heavy (non-hydrogen) atoms. The van der Waals surface area contributed by atoms with Gasteiger partial charge in [0.1, 0.15) is 6.54 Å². The van der Waals surface area contributed by atoms with E-state index in [-0.39, 0.29) is 18.1 Å². The van der Waals surface area contributed by atoms with E-state index in [1.54, 1.807) is 11.3 Å². The van der Waals surface area contributed by atoms with Gasteiger partial charge in [-0.25, -0.2) is 9.38 Å². The molecule has 2 aromatic heterocycles. The molecule has 0 aliphatic heterocycles. The van der Waals surface area contributed by atoms with Crippen molar-refractivity contribution >= 4 is 22.8 Å². The largest absolute Gasteiger partial charge is 0.465 e. The summed E-state index contributed by atoms with van der Waals surface area (Å²) < 4.78 is 8.65. The van der Waals surface area contributed by atoms with Crippen LogP contribution in [0.3, 0.4) is 0 Å². The summed E-state index contributed by atoms with van der Waals surface area (Å²) in [5.41, 5.74) is 3.66. The van der Waals surface area contributed by atoms with Crippen molar-refractivity contribution in [3.8, 4) is 11.3 Å². The maximum absolute atomic E-state index is 13.5. The fourth-order valence-corrected chi connectivity index (χ4v) is 3.78. The highest BCUT2D eigenvalue weighted by atomic mass is 16.5. The minimum atomic E-state index is -0.357. The van der Waals surface area contributed by atoms with E-state index in [2.05, 4.69) is 0 Å². The second-order valence-electron chi connectivity index (χ2n) is 6.88. The first kappa shape index (κ1) is 18.9. The van der Waals surface area contributed by atoms with Crippen molar-refractivity contribution in [2.45, 2.75) is 33.2 Å². The number of fused-ring (bicyclic) bond motifs is 3. The minimum absolute atomic E-state index is 0.0120. The van der Waals surface area contributed by atoms with Gasteiger partial charge in [-0.2, -0.15) is 0 Å². The molecule has 0 aliphatic carbocycles. The van der Waals surface area contributed by atoms with E-state index in [9.17, 15) is 9.59 Å². The number of esters is 1. The topological polar surface area (TPSA) is 65.6 Å². The van der Waals surface area contributed by atoms with Gasteiger partial charge >= 0.3 is 5.97 Å². The quantitative estimate of drug-likeness (QED) is 0.470. The van der Waals surface area contributed by atoms with Crippen LogP contribution in [0.1, 0.15) is 25.8 Å². The molecule has 0 unspecified atom stereocenters. The minimum Gasteiger partial charge on any atom is -0.465 e. The van der Waals surface area contributed by atoms with E-state index in [0.29, 0.717) is 24.4 Å². The Labute approximate surface area is 168 Å². The lowest BCUT2D eigenvalue weighted by molar-refractivity contribution is -0.143. The summed E-state index contributed by atoms with van der Waals surface area (Å²) in [7, 11) is 0. The van der Waals surface area contributed by atoms with Crippen LogP contribution < -0.4 is 5.56 Å². The van der Waals surface area contributed by atoms with Gasteiger partial charge in [0.25, 0.3) is 5.56 Å². The lowest BCUT2D eigenvalue weighted by Crippen LogP contribution is -2.27. The number of carbonyl (C=O) groups is 1. The molecule has 0 spiro atoms. The normalized spacial score (nSPS) is 11.2. The molecule has 0 atom stereocenters. The second-order valence-corrected chi connectivity index (χ2v) is 6.88. The maximum Gasteiger partial charge on any atom is 0.326 e. The predicted octanol–water partition coefficient (Wildman–Crippen LogP) is 3.83. The molecule has 0 aliphatic rings. The van der Waals surface area contributed by atoms with E-state index in [0.717, 1.165) is 28.7 Å². The van der Waals surface area contributed by atoms with Crippen LogP contribution in [0.15, 0.2) is 59.4 Å². The summed E-state index contributed by atoms with van der Waals surface area (Å²) in [6.45, 7) is 4.11. The van der Waals surface area contributed by atoms with Gasteiger partial charge in [0.2, 0.25) is 5.78 Å². The third-order valence-electron chi connectivity index (χ3n) is 4.94. The molecule has 2 heterocycles. The van der Waals surface area contributed by atoms with Gasteiger partial charge in [0, 0.05) is 5.56 Å². The number of imidazole rings is 1. The molecule has 0 saturated heterocycles. The first-order chi connectivity index (χ1) is 14.2. The van der Waals surface area contributed by atoms with Crippen molar-refractivity contribution in [3.63, 3.8) is 0 Å². The average molecular weight is 389 g/mol. The standard InChI is InChI=1S/C23H23N3O3/c1-3-10-17-21(16-11-6-5-7-12-16)25(15-20(27)29-4-2)23-24-18-13-8-9-14-19(18)26(23)22(17)28/h5-9,11-14H,3-4,10,15H2,1-2H3. The first-order valence-corrected chi connectivity index (χ1v) is 9.89. The van der Waals surface area contributed by atoms with Gasteiger partial charge in [-0.3, -0.25) is 14.2 Å². The zero-order chi connectivity index (χ0) is 20.4. The zero-order valence-electron chi connectivity index (χ0n) is 16.6. The van der Waals surface area contributed by atoms with Crippen molar-refractivity contribution in [1.82, 2.24) is 14.0 Å². The predicted molar refractivity (Wildman–Crippen MR) is 113 cm³/mol. The van der Waals surface area contributed by atoms with Crippen molar-refractivity contribution in [3.05, 3.63) is 70.5 Å². The van der Waals surface area contributed by atoms with Gasteiger partial charge in [-0.1, -0.05) is 55.8 Å². The Morgan fingerprint density at radius 1 is 1.03 bits per heavy atom. The molecule has 0 amide bonds. The molecule has 0 saturated carbocycles. The number of hydrogen-bond donors (Lipinski definition) is 0. The van der Waals surface area contributed by atoms with Gasteiger partial charge in [-0.05, 0) is 31.0 Å². The Kier molecular flexibility index (Phi) is 5.16. The molecule has 4 aromatic rings. The first-order valence-electron chi connectivity index (χ1n) is 9.89. The monoisotopic (exact) mass is 389 g/mol. The van der Waals surface area contributed by atoms with Gasteiger partial charge < -0.3 is 4.74 Å². The van der Waals surface area contributed by atoms with Gasteiger partial charge in [0.15, 0.2) is 0 Å². The Morgan fingerprint density at radius 2 is 1.76 bits per heavy atom. The molecular formula is C23H23N3O3. The Balaban J connectivity index is 2.14. The van der Waals surface area contributed by atoms with Crippen LogP contribution in [0, 0.1) is 0 Å². The summed E-state index contributed by atoms with van der Waals surface area (Å²) >= 11 is 0. The molecular weight excluding hydrogens is 366 g/mol. The molecule has 0 bridgehead atoms. The van der Waals surface area contributed by atoms with E-state index in [1.807, 2.05) is 66.1 Å². The number of para-hydroxylation sites is 2. The number of aromatic nitrogens is 3. The third-order valence-corrected chi connectivity index (χ3v) is 4.94. The molecule has 2 aromatic carbocycles. The fourth-order valence-electron chi connectivity index (χ4n) is 3.78. The molecule has 4 rings (SSSR count). The molecule has 6 nitrogen and oxygen atoms in total. The van der Waals surface area contributed by atoms with E-state index >= 15 is 0 Å². The van der Waals surface area contributed by atoms with Gasteiger partial charge in [0.05, 0.1) is 23.3 Å². The number of carbonyl (C=O) groups excluding carboxylic acids is 1. The average Bonchev–Trinajstić information content (AvgIpc) is 3.12. The molecule has 0 fully saturated rings. The number of nitrogens with zero attached hydrogens (tertiary/aromatic N) is 3. The fraction of sp³-hybridized carbons (Fsp3) is 0.261. The highest BCUT2D eigenvalue weighted by Gasteiger charge is 2.22. The van der Waals surface area contributed by atoms with E-state index < -0.39 is 0 Å². The van der Waals surface area contributed by atoms with Crippen LogP contribution in [-0.2, 0) is 22.5 Å². The molecule has 148 valence electrons. The number of hydrogen-bond acceptors (Lipinski definition) is 4. The van der Waals surface area contributed by atoms with E-state index in [4.69, 9.17) is 9.72 Å². The summed E-state index contributed by atoms with van der Waals surface area (Å²) in [4.78, 5) is 30.7. The number of benzene rings is 2. The van der Waals surface area contributed by atoms with Crippen LogP contribution in [-0.4, -0.2) is 26.5 Å². The Morgan fingerprint density at radius 3 is 2.48 bits per heavy atom. The Hall–Kier alpha value is -3.41. The Bertz CT molecular complexity index is 1240. The summed E-state index contributed by atoms with van der Waals surface area (Å²) in [5, 5.41) is 0. The lowest BCUT2D eigenvalue weighted by atomic mass is 10.0. The van der Waals surface area contributed by atoms with Crippen molar-refractivity contribution in [2.24, 2.45) is 0 Å².